The molecule has 1 saturated heterocycles. The average Bonchev–Trinajstić information content (AvgIpc) is 2.99. The normalized spacial score (nSPS) is 20.2. The zero-order chi connectivity index (χ0) is 18.6. The second-order valence-corrected chi connectivity index (χ2v) is 6.76. The summed E-state index contributed by atoms with van der Waals surface area (Å²) < 4.78 is 17.7. The van der Waals surface area contributed by atoms with Crippen molar-refractivity contribution in [2.24, 2.45) is 0 Å². The largest absolute Gasteiger partial charge is 0.356 e. The van der Waals surface area contributed by atoms with Crippen LogP contribution in [0.4, 0.5) is 0 Å². The summed E-state index contributed by atoms with van der Waals surface area (Å²) in [6.45, 7) is 3.51. The molecule has 0 aromatic heterocycles. The molecule has 1 fully saturated rings. The number of ether oxygens (including phenoxy) is 3. The smallest absolute Gasteiger partial charge is 0.232 e. The topological polar surface area (TPSA) is 70.8 Å². The van der Waals surface area contributed by atoms with Gasteiger partial charge in [-0.1, -0.05) is 60.7 Å². The number of nitrogens with zero attached hydrogens (tertiary/aromatic N) is 1. The van der Waals surface area contributed by atoms with Crippen LogP contribution in [0.2, 0.25) is 0 Å². The van der Waals surface area contributed by atoms with Crippen LogP contribution in [0.25, 0.3) is 0 Å². The van der Waals surface area contributed by atoms with Crippen molar-refractivity contribution in [1.82, 2.24) is 0 Å². The fourth-order valence-corrected chi connectivity index (χ4v) is 3.07. The molecule has 0 aliphatic carbocycles. The van der Waals surface area contributed by atoms with Crippen molar-refractivity contribution >= 4 is 0 Å². The van der Waals surface area contributed by atoms with Gasteiger partial charge in [-0.15, -0.1) is 0 Å². The van der Waals surface area contributed by atoms with Gasteiger partial charge in [0.1, 0.15) is 12.2 Å². The number of hydrogen-bond acceptors (Lipinski definition) is 5. The van der Waals surface area contributed by atoms with E-state index in [1.165, 1.54) is 0 Å². The van der Waals surface area contributed by atoms with E-state index < -0.39 is 24.1 Å². The van der Waals surface area contributed by atoms with Gasteiger partial charge in [-0.3, -0.25) is 10.1 Å². The molecular weight excluding hydrogens is 334 g/mol. The van der Waals surface area contributed by atoms with E-state index in [1.807, 2.05) is 60.7 Å². The lowest BCUT2D eigenvalue weighted by Gasteiger charge is -2.27. The fraction of sp³-hybridized carbons (Fsp3) is 0.400. The molecule has 1 aliphatic rings. The minimum absolute atomic E-state index is 0.266. The van der Waals surface area contributed by atoms with E-state index in [-0.39, 0.29) is 18.1 Å². The second-order valence-electron chi connectivity index (χ2n) is 6.76. The van der Waals surface area contributed by atoms with E-state index >= 15 is 0 Å². The van der Waals surface area contributed by atoms with Crippen molar-refractivity contribution in [3.63, 3.8) is 0 Å². The molecule has 138 valence electrons. The van der Waals surface area contributed by atoms with Gasteiger partial charge in [-0.25, -0.2) is 0 Å². The Morgan fingerprint density at radius 1 is 1.12 bits per heavy atom. The number of rotatable bonds is 7. The molecule has 0 saturated carbocycles. The van der Waals surface area contributed by atoms with Crippen molar-refractivity contribution in [2.75, 3.05) is 13.2 Å². The van der Waals surface area contributed by atoms with Gasteiger partial charge in [0.2, 0.25) is 6.54 Å². The minimum Gasteiger partial charge on any atom is -0.356 e. The summed E-state index contributed by atoms with van der Waals surface area (Å²) in [5.74, 6) is -0.766. The van der Waals surface area contributed by atoms with Gasteiger partial charge in [0.05, 0.1) is 6.61 Å². The highest BCUT2D eigenvalue weighted by molar-refractivity contribution is 5.30. The summed E-state index contributed by atoms with van der Waals surface area (Å²) in [6.07, 6.45) is -1.64. The molecule has 0 radical (unpaired) electrons. The fourth-order valence-electron chi connectivity index (χ4n) is 3.07. The summed E-state index contributed by atoms with van der Waals surface area (Å²) in [5, 5.41) is 11.2. The van der Waals surface area contributed by atoms with Gasteiger partial charge < -0.3 is 14.2 Å². The van der Waals surface area contributed by atoms with Crippen molar-refractivity contribution in [1.29, 1.82) is 0 Å². The van der Waals surface area contributed by atoms with E-state index in [4.69, 9.17) is 14.2 Å². The highest BCUT2D eigenvalue weighted by Crippen LogP contribution is 2.32. The monoisotopic (exact) mass is 357 g/mol. The van der Waals surface area contributed by atoms with Gasteiger partial charge in [-0.05, 0) is 25.0 Å². The van der Waals surface area contributed by atoms with Crippen LogP contribution in [0.3, 0.4) is 0 Å². The highest BCUT2D eigenvalue weighted by atomic mass is 16.8. The number of nitro groups is 1. The van der Waals surface area contributed by atoms with Crippen LogP contribution in [-0.2, 0) is 14.2 Å². The van der Waals surface area contributed by atoms with Crippen LogP contribution in [0.5, 0.6) is 0 Å². The SMILES string of the molecule is CC1(C)OC[C@H]([C@@H](C[N+](=O)[O-])OC(c2ccccc2)c2ccccc2)O1. The molecule has 1 heterocycles. The predicted molar refractivity (Wildman–Crippen MR) is 96.4 cm³/mol. The summed E-state index contributed by atoms with van der Waals surface area (Å²) in [4.78, 5) is 10.8. The zero-order valence-corrected chi connectivity index (χ0v) is 14.9. The summed E-state index contributed by atoms with van der Waals surface area (Å²) >= 11 is 0. The second kappa shape index (κ2) is 7.95. The first kappa shape index (κ1) is 18.5. The molecule has 2 aromatic carbocycles. The maximum atomic E-state index is 11.2. The molecule has 0 unspecified atom stereocenters. The Bertz CT molecular complexity index is 680. The third kappa shape index (κ3) is 4.66. The van der Waals surface area contributed by atoms with E-state index in [0.29, 0.717) is 0 Å². The zero-order valence-electron chi connectivity index (χ0n) is 14.9. The predicted octanol–water partition coefficient (Wildman–Crippen LogP) is 3.59. The molecule has 0 bridgehead atoms. The first-order valence-electron chi connectivity index (χ1n) is 8.63. The lowest BCUT2D eigenvalue weighted by atomic mass is 10.0. The summed E-state index contributed by atoms with van der Waals surface area (Å²) in [6, 6.07) is 19.4. The van der Waals surface area contributed by atoms with Gasteiger partial charge in [0.25, 0.3) is 0 Å². The van der Waals surface area contributed by atoms with E-state index in [1.54, 1.807) is 13.8 Å². The quantitative estimate of drug-likeness (QED) is 0.559. The van der Waals surface area contributed by atoms with Crippen LogP contribution in [0, 0.1) is 10.1 Å². The molecule has 2 aromatic rings. The first-order valence-corrected chi connectivity index (χ1v) is 8.63. The van der Waals surface area contributed by atoms with E-state index in [9.17, 15) is 10.1 Å². The number of hydrogen-bond donors (Lipinski definition) is 0. The van der Waals surface area contributed by atoms with Crippen LogP contribution in [0.1, 0.15) is 31.1 Å². The standard InChI is InChI=1S/C20H23NO5/c1-20(2)24-14-18(26-20)17(13-21(22)23)25-19(15-9-5-3-6-10-15)16-11-7-4-8-12-16/h3-12,17-19H,13-14H2,1-2H3/t17-,18-/m1/s1. The third-order valence-electron chi connectivity index (χ3n) is 4.29. The Balaban J connectivity index is 1.88. The van der Waals surface area contributed by atoms with Crippen molar-refractivity contribution < 1.29 is 19.1 Å². The molecule has 0 N–H and O–H groups in total. The Kier molecular flexibility index (Phi) is 5.66. The summed E-state index contributed by atoms with van der Waals surface area (Å²) in [7, 11) is 0. The molecule has 26 heavy (non-hydrogen) atoms. The first-order chi connectivity index (χ1) is 12.4. The third-order valence-corrected chi connectivity index (χ3v) is 4.29. The van der Waals surface area contributed by atoms with Crippen molar-refractivity contribution in [3.05, 3.63) is 81.9 Å². The average molecular weight is 357 g/mol. The van der Waals surface area contributed by atoms with Crippen molar-refractivity contribution in [2.45, 2.75) is 37.9 Å². The van der Waals surface area contributed by atoms with Crippen LogP contribution >= 0.6 is 0 Å². The molecule has 1 aliphatic heterocycles. The van der Waals surface area contributed by atoms with Crippen LogP contribution < -0.4 is 0 Å². The molecule has 0 amide bonds. The Morgan fingerprint density at radius 2 is 1.65 bits per heavy atom. The molecular formula is C20H23NO5. The van der Waals surface area contributed by atoms with E-state index in [2.05, 4.69) is 0 Å². The highest BCUT2D eigenvalue weighted by Gasteiger charge is 2.41. The molecule has 6 heteroatoms. The lowest BCUT2D eigenvalue weighted by Crippen LogP contribution is -2.39. The lowest BCUT2D eigenvalue weighted by molar-refractivity contribution is -0.495. The Hall–Kier alpha value is -2.28. The van der Waals surface area contributed by atoms with E-state index in [0.717, 1.165) is 11.1 Å². The van der Waals surface area contributed by atoms with Crippen LogP contribution in [0.15, 0.2) is 60.7 Å². The van der Waals surface area contributed by atoms with Crippen molar-refractivity contribution in [3.8, 4) is 0 Å². The Morgan fingerprint density at radius 3 is 2.08 bits per heavy atom. The maximum absolute atomic E-state index is 11.2. The molecule has 0 spiro atoms. The minimum atomic E-state index is -0.766. The van der Waals surface area contributed by atoms with Crippen LogP contribution in [-0.4, -0.2) is 36.1 Å². The summed E-state index contributed by atoms with van der Waals surface area (Å²) in [5.41, 5.74) is 1.87. The molecule has 2 atom stereocenters. The number of benzene rings is 2. The molecule has 3 rings (SSSR count). The Labute approximate surface area is 152 Å². The van der Waals surface area contributed by atoms with Gasteiger partial charge in [0, 0.05) is 4.92 Å². The maximum Gasteiger partial charge on any atom is 0.232 e. The van der Waals surface area contributed by atoms with Gasteiger partial charge in [0.15, 0.2) is 11.9 Å². The molecule has 6 nitrogen and oxygen atoms in total. The van der Waals surface area contributed by atoms with Gasteiger partial charge >= 0.3 is 0 Å². The van der Waals surface area contributed by atoms with Gasteiger partial charge in [-0.2, -0.15) is 0 Å².